The Morgan fingerprint density at radius 2 is 1.94 bits per heavy atom. The number of amides is 1. The minimum atomic E-state index is -0.290. The van der Waals surface area contributed by atoms with Gasteiger partial charge in [-0.1, -0.05) is 12.1 Å². The Kier molecular flexibility index (Phi) is 7.67. The maximum absolute atomic E-state index is 13.7. The number of aromatic nitrogens is 1. The van der Waals surface area contributed by atoms with Crippen LogP contribution in [0.2, 0.25) is 0 Å². The van der Waals surface area contributed by atoms with Crippen molar-refractivity contribution >= 4 is 17.2 Å². The molecule has 4 rings (SSSR count). The van der Waals surface area contributed by atoms with Crippen molar-refractivity contribution in [2.45, 2.75) is 39.5 Å². The Labute approximate surface area is 196 Å². The van der Waals surface area contributed by atoms with Gasteiger partial charge in [0.2, 0.25) is 5.91 Å². The molecule has 0 saturated carbocycles. The normalized spacial score (nSPS) is 14.9. The number of ether oxygens (including phenoxy) is 1. The topological polar surface area (TPSA) is 54.5 Å². The Morgan fingerprint density at radius 3 is 2.67 bits per heavy atom. The number of hydrogen-bond donors (Lipinski definition) is 1. The van der Waals surface area contributed by atoms with Gasteiger partial charge >= 0.3 is 0 Å². The van der Waals surface area contributed by atoms with Crippen molar-refractivity contribution in [1.82, 2.24) is 15.2 Å². The fraction of sp³-hybridized carbons (Fsp3) is 0.360. The predicted molar refractivity (Wildman–Crippen MR) is 124 cm³/mol. The van der Waals surface area contributed by atoms with Gasteiger partial charge < -0.3 is 10.1 Å². The first kappa shape index (κ1) is 23.3. The molecule has 1 aromatic heterocycles. The summed E-state index contributed by atoms with van der Waals surface area (Å²) in [6.07, 6.45) is 1.58. The van der Waals surface area contributed by atoms with Crippen molar-refractivity contribution in [2.24, 2.45) is 5.92 Å². The fourth-order valence-corrected chi connectivity index (χ4v) is 4.52. The highest BCUT2D eigenvalue weighted by Gasteiger charge is 2.25. The van der Waals surface area contributed by atoms with E-state index in [-0.39, 0.29) is 23.5 Å². The molecule has 0 radical (unpaired) electrons. The van der Waals surface area contributed by atoms with Gasteiger partial charge in [-0.15, -0.1) is 11.3 Å². The van der Waals surface area contributed by atoms with Gasteiger partial charge in [-0.3, -0.25) is 9.69 Å². The van der Waals surface area contributed by atoms with Crippen molar-refractivity contribution in [1.29, 1.82) is 0 Å². The molecule has 174 valence electrons. The molecule has 0 unspecified atom stereocenters. The lowest BCUT2D eigenvalue weighted by Crippen LogP contribution is -2.40. The number of rotatable bonds is 8. The van der Waals surface area contributed by atoms with Crippen molar-refractivity contribution in [2.75, 3.05) is 13.1 Å². The van der Waals surface area contributed by atoms with Gasteiger partial charge in [0.25, 0.3) is 0 Å². The number of carbonyl (C=O) groups is 1. The summed E-state index contributed by atoms with van der Waals surface area (Å²) in [5, 5.41) is 5.85. The number of hydrogen-bond acceptors (Lipinski definition) is 5. The molecule has 0 bridgehead atoms. The van der Waals surface area contributed by atoms with E-state index in [2.05, 4.69) is 15.2 Å². The van der Waals surface area contributed by atoms with E-state index in [1.165, 1.54) is 18.2 Å². The highest BCUT2D eigenvalue weighted by molar-refractivity contribution is 7.09. The second kappa shape index (κ2) is 10.9. The first-order chi connectivity index (χ1) is 16.0. The number of likely N-dealkylation sites (tertiary alicyclic amines) is 1. The molecule has 8 heteroatoms. The molecular formula is C25H27F2N3O2S. The summed E-state index contributed by atoms with van der Waals surface area (Å²) in [4.78, 5) is 19.5. The molecular weight excluding hydrogens is 444 g/mol. The number of nitrogens with zero attached hydrogens (tertiary/aromatic N) is 2. The van der Waals surface area contributed by atoms with E-state index in [9.17, 15) is 13.6 Å². The van der Waals surface area contributed by atoms with Gasteiger partial charge in [0.05, 0.1) is 5.69 Å². The van der Waals surface area contributed by atoms with E-state index < -0.39 is 0 Å². The Morgan fingerprint density at radius 1 is 1.18 bits per heavy atom. The zero-order valence-corrected chi connectivity index (χ0v) is 19.3. The van der Waals surface area contributed by atoms with Gasteiger partial charge in [-0.2, -0.15) is 0 Å². The smallest absolute Gasteiger partial charge is 0.223 e. The molecule has 0 aliphatic carbocycles. The fourth-order valence-electron chi connectivity index (χ4n) is 3.83. The van der Waals surface area contributed by atoms with Crippen LogP contribution in [0, 0.1) is 24.5 Å². The average molecular weight is 472 g/mol. The van der Waals surface area contributed by atoms with Crippen LogP contribution in [0.3, 0.4) is 0 Å². The molecule has 1 saturated heterocycles. The summed E-state index contributed by atoms with van der Waals surface area (Å²) in [5.74, 6) is 0.0845. The third kappa shape index (κ3) is 6.58. The first-order valence-corrected chi connectivity index (χ1v) is 11.9. The van der Waals surface area contributed by atoms with E-state index in [0.717, 1.165) is 48.7 Å². The molecule has 5 nitrogen and oxygen atoms in total. The molecule has 2 aromatic carbocycles. The summed E-state index contributed by atoms with van der Waals surface area (Å²) in [6.45, 7) is 4.82. The summed E-state index contributed by atoms with van der Waals surface area (Å²) in [6, 6.07) is 11.0. The van der Waals surface area contributed by atoms with Crippen LogP contribution in [-0.4, -0.2) is 28.9 Å². The SMILES string of the molecule is Cc1ccc(CNC(=O)C2CCN(Cc3csc(COc4ccc(F)cc4)n3)CC2)cc1F. The number of thiazole rings is 1. The quantitative estimate of drug-likeness (QED) is 0.511. The van der Waals surface area contributed by atoms with Crippen molar-refractivity contribution in [3.8, 4) is 5.75 Å². The summed E-state index contributed by atoms with van der Waals surface area (Å²) < 4.78 is 32.3. The van der Waals surface area contributed by atoms with E-state index in [1.54, 1.807) is 36.5 Å². The maximum atomic E-state index is 13.7. The highest BCUT2D eigenvalue weighted by Crippen LogP contribution is 2.21. The Balaban J connectivity index is 1.19. The van der Waals surface area contributed by atoms with Gasteiger partial charge in [0.1, 0.15) is 29.0 Å². The third-order valence-corrected chi connectivity index (χ3v) is 6.69. The van der Waals surface area contributed by atoms with E-state index >= 15 is 0 Å². The molecule has 3 aromatic rings. The van der Waals surface area contributed by atoms with Gasteiger partial charge in [0.15, 0.2) is 0 Å². The lowest BCUT2D eigenvalue weighted by molar-refractivity contribution is -0.126. The number of nitrogens with one attached hydrogen (secondary N) is 1. The van der Waals surface area contributed by atoms with E-state index in [4.69, 9.17) is 4.74 Å². The van der Waals surface area contributed by atoms with Gasteiger partial charge in [0, 0.05) is 24.4 Å². The largest absolute Gasteiger partial charge is 0.486 e. The number of piperidine rings is 1. The minimum Gasteiger partial charge on any atom is -0.486 e. The highest BCUT2D eigenvalue weighted by atomic mass is 32.1. The van der Waals surface area contributed by atoms with Gasteiger partial charge in [-0.05, 0) is 74.3 Å². The summed E-state index contributed by atoms with van der Waals surface area (Å²) in [5.41, 5.74) is 2.36. The van der Waals surface area contributed by atoms with Gasteiger partial charge in [-0.25, -0.2) is 13.8 Å². The molecule has 2 heterocycles. The number of carbonyl (C=O) groups excluding carboxylic acids is 1. The molecule has 1 aliphatic rings. The monoisotopic (exact) mass is 471 g/mol. The number of aryl methyl sites for hydroxylation is 1. The first-order valence-electron chi connectivity index (χ1n) is 11.0. The van der Waals surface area contributed by atoms with Crippen LogP contribution in [0.1, 0.15) is 34.7 Å². The lowest BCUT2D eigenvalue weighted by Gasteiger charge is -2.30. The predicted octanol–water partition coefficient (Wildman–Crippen LogP) is 4.84. The van der Waals surface area contributed by atoms with Crippen LogP contribution in [-0.2, 0) is 24.5 Å². The maximum Gasteiger partial charge on any atom is 0.223 e. The Bertz CT molecular complexity index is 1080. The molecule has 1 N–H and O–H groups in total. The molecule has 33 heavy (non-hydrogen) atoms. The summed E-state index contributed by atoms with van der Waals surface area (Å²) in [7, 11) is 0. The zero-order valence-electron chi connectivity index (χ0n) is 18.5. The van der Waals surface area contributed by atoms with Crippen LogP contribution in [0.5, 0.6) is 5.75 Å². The standard InChI is InChI=1S/C25H27F2N3O2S/c1-17-2-3-18(12-23(17)27)13-28-25(31)19-8-10-30(11-9-19)14-21-16-33-24(29-21)15-32-22-6-4-20(26)5-7-22/h2-7,12,16,19H,8-11,13-15H2,1H3,(H,28,31). The summed E-state index contributed by atoms with van der Waals surface area (Å²) >= 11 is 1.54. The molecule has 1 aliphatic heterocycles. The van der Waals surface area contributed by atoms with Crippen molar-refractivity contribution in [3.05, 3.63) is 81.3 Å². The minimum absolute atomic E-state index is 0.0216. The Hall–Kier alpha value is -2.84. The second-order valence-corrected chi connectivity index (χ2v) is 9.27. The van der Waals surface area contributed by atoms with Crippen LogP contribution in [0.25, 0.3) is 0 Å². The molecule has 0 atom stereocenters. The second-order valence-electron chi connectivity index (χ2n) is 8.33. The number of benzene rings is 2. The van der Waals surface area contributed by atoms with Crippen molar-refractivity contribution < 1.29 is 18.3 Å². The van der Waals surface area contributed by atoms with E-state index in [0.29, 0.717) is 24.5 Å². The zero-order chi connectivity index (χ0) is 23.2. The van der Waals surface area contributed by atoms with Crippen LogP contribution >= 0.6 is 11.3 Å². The van der Waals surface area contributed by atoms with Crippen LogP contribution in [0.4, 0.5) is 8.78 Å². The molecule has 1 amide bonds. The van der Waals surface area contributed by atoms with Crippen LogP contribution in [0.15, 0.2) is 47.8 Å². The lowest BCUT2D eigenvalue weighted by atomic mass is 9.95. The molecule has 1 fully saturated rings. The number of halogens is 2. The third-order valence-electron chi connectivity index (χ3n) is 5.82. The molecule has 0 spiro atoms. The average Bonchev–Trinajstić information content (AvgIpc) is 3.27. The van der Waals surface area contributed by atoms with Crippen LogP contribution < -0.4 is 10.1 Å². The van der Waals surface area contributed by atoms with Crippen molar-refractivity contribution in [3.63, 3.8) is 0 Å². The van der Waals surface area contributed by atoms with E-state index in [1.807, 2.05) is 11.4 Å².